The first-order valence-corrected chi connectivity index (χ1v) is 11.3. The van der Waals surface area contributed by atoms with E-state index in [2.05, 4.69) is 9.69 Å². The zero-order valence-corrected chi connectivity index (χ0v) is 18.8. The normalized spacial score (nSPS) is 29.6. The molecule has 3 fully saturated rings. The van der Waals surface area contributed by atoms with Crippen molar-refractivity contribution in [2.45, 2.75) is 44.2 Å². The molecule has 3 aromatic rings. The number of rotatable bonds is 2. The SMILES string of the molecule is CC1C(N)CNCC12C[C@H]2c1c(F)c(F)c2c(=O)c3c(=O)[nH]sc3n(C3CC3)c2c1F.Cl. The molecule has 4 atom stereocenters. The number of aromatic amines is 1. The summed E-state index contributed by atoms with van der Waals surface area (Å²) >= 11 is 0.925. The fraction of sp³-hybridized carbons (Fsp3) is 0.524. The summed E-state index contributed by atoms with van der Waals surface area (Å²) in [4.78, 5) is 25.4. The first-order chi connectivity index (χ1) is 14.8. The van der Waals surface area contributed by atoms with Crippen LogP contribution in [0.3, 0.4) is 0 Å². The largest absolute Gasteiger partial charge is 0.326 e. The van der Waals surface area contributed by atoms with Gasteiger partial charge in [-0.05, 0) is 48.0 Å². The quantitative estimate of drug-likeness (QED) is 0.485. The van der Waals surface area contributed by atoms with Crippen molar-refractivity contribution < 1.29 is 13.2 Å². The third-order valence-corrected chi connectivity index (χ3v) is 8.57. The van der Waals surface area contributed by atoms with E-state index >= 15 is 13.2 Å². The number of nitrogens with zero attached hydrogens (tertiary/aromatic N) is 1. The minimum Gasteiger partial charge on any atom is -0.326 e. The average Bonchev–Trinajstić information content (AvgIpc) is 3.64. The second-order valence-corrected chi connectivity index (χ2v) is 10.1. The number of benzene rings is 1. The van der Waals surface area contributed by atoms with Crippen LogP contribution >= 0.6 is 23.9 Å². The van der Waals surface area contributed by atoms with E-state index in [-0.39, 0.29) is 51.7 Å². The third kappa shape index (κ3) is 2.66. The lowest BCUT2D eigenvalue weighted by atomic mass is 9.78. The molecule has 11 heteroatoms. The molecule has 172 valence electrons. The first kappa shape index (κ1) is 21.9. The van der Waals surface area contributed by atoms with Gasteiger partial charge in [0.2, 0.25) is 5.43 Å². The molecule has 2 aromatic heterocycles. The highest BCUT2D eigenvalue weighted by Crippen LogP contribution is 2.65. The summed E-state index contributed by atoms with van der Waals surface area (Å²) in [5, 5.41) is 2.31. The Bertz CT molecular complexity index is 1400. The minimum absolute atomic E-state index is 0. The highest BCUT2D eigenvalue weighted by Gasteiger charge is 2.62. The Balaban J connectivity index is 0.00000216. The van der Waals surface area contributed by atoms with E-state index in [4.69, 9.17) is 5.73 Å². The van der Waals surface area contributed by atoms with E-state index in [0.717, 1.165) is 24.4 Å². The summed E-state index contributed by atoms with van der Waals surface area (Å²) in [6.07, 6.45) is 1.94. The Kier molecular flexibility index (Phi) is 4.84. The van der Waals surface area contributed by atoms with Gasteiger partial charge >= 0.3 is 0 Å². The number of fused-ring (bicyclic) bond motifs is 2. The summed E-state index contributed by atoms with van der Waals surface area (Å²) in [5.41, 5.74) is 3.59. The Morgan fingerprint density at radius 2 is 1.84 bits per heavy atom. The van der Waals surface area contributed by atoms with Crippen LogP contribution < -0.4 is 22.0 Å². The van der Waals surface area contributed by atoms with Gasteiger partial charge in [0.25, 0.3) is 5.56 Å². The molecule has 0 radical (unpaired) electrons. The van der Waals surface area contributed by atoms with Gasteiger partial charge < -0.3 is 15.6 Å². The molecule has 32 heavy (non-hydrogen) atoms. The van der Waals surface area contributed by atoms with Crippen molar-refractivity contribution in [1.82, 2.24) is 14.3 Å². The maximum absolute atomic E-state index is 16.0. The average molecular weight is 487 g/mol. The van der Waals surface area contributed by atoms with Gasteiger partial charge in [-0.25, -0.2) is 13.2 Å². The smallest absolute Gasteiger partial charge is 0.271 e. The lowest BCUT2D eigenvalue weighted by Crippen LogP contribution is -2.51. The van der Waals surface area contributed by atoms with Crippen molar-refractivity contribution in [3.63, 3.8) is 0 Å². The molecule has 2 aliphatic carbocycles. The molecular formula is C21H22ClF3N4O2S. The van der Waals surface area contributed by atoms with Gasteiger partial charge in [0.05, 0.1) is 10.9 Å². The van der Waals surface area contributed by atoms with E-state index in [9.17, 15) is 9.59 Å². The Hall–Kier alpha value is -1.88. The van der Waals surface area contributed by atoms with Gasteiger partial charge in [-0.3, -0.25) is 14.0 Å². The molecule has 0 amide bonds. The second kappa shape index (κ2) is 7.06. The van der Waals surface area contributed by atoms with Gasteiger partial charge in [0.1, 0.15) is 10.2 Å². The highest BCUT2D eigenvalue weighted by molar-refractivity contribution is 7.12. The van der Waals surface area contributed by atoms with E-state index in [0.29, 0.717) is 19.5 Å². The molecule has 4 N–H and O–H groups in total. The molecule has 1 aromatic carbocycles. The fourth-order valence-corrected chi connectivity index (χ4v) is 6.54. The molecule has 6 nitrogen and oxygen atoms in total. The summed E-state index contributed by atoms with van der Waals surface area (Å²) in [6, 6.07) is -0.308. The van der Waals surface area contributed by atoms with Gasteiger partial charge in [0, 0.05) is 30.7 Å². The number of hydrogen-bond donors (Lipinski definition) is 3. The van der Waals surface area contributed by atoms with Crippen LogP contribution in [-0.2, 0) is 0 Å². The highest BCUT2D eigenvalue weighted by atomic mass is 35.5. The molecule has 0 bridgehead atoms. The predicted molar refractivity (Wildman–Crippen MR) is 119 cm³/mol. The van der Waals surface area contributed by atoms with Crippen molar-refractivity contribution in [1.29, 1.82) is 0 Å². The van der Waals surface area contributed by atoms with Crippen LogP contribution in [0.2, 0.25) is 0 Å². The topological polar surface area (TPSA) is 92.9 Å². The van der Waals surface area contributed by atoms with Crippen molar-refractivity contribution in [3.05, 3.63) is 43.6 Å². The van der Waals surface area contributed by atoms with Crippen LogP contribution in [0.15, 0.2) is 9.59 Å². The van der Waals surface area contributed by atoms with Crippen molar-refractivity contribution >= 4 is 45.1 Å². The van der Waals surface area contributed by atoms with Crippen LogP contribution in [0.1, 0.15) is 43.7 Å². The number of H-pyrrole nitrogens is 1. The lowest BCUT2D eigenvalue weighted by Gasteiger charge is -2.36. The number of nitrogens with one attached hydrogen (secondary N) is 2. The molecule has 1 spiro atoms. The van der Waals surface area contributed by atoms with Gasteiger partial charge in [0.15, 0.2) is 17.5 Å². The molecule has 1 saturated heterocycles. The van der Waals surface area contributed by atoms with Crippen molar-refractivity contribution in [2.24, 2.45) is 17.1 Å². The van der Waals surface area contributed by atoms with Crippen LogP contribution in [0.5, 0.6) is 0 Å². The van der Waals surface area contributed by atoms with Crippen molar-refractivity contribution in [3.8, 4) is 0 Å². The third-order valence-electron chi connectivity index (χ3n) is 7.69. The molecule has 3 unspecified atom stereocenters. The molecule has 3 heterocycles. The van der Waals surface area contributed by atoms with E-state index in [1.54, 1.807) is 0 Å². The Labute approximate surface area is 190 Å². The maximum Gasteiger partial charge on any atom is 0.271 e. The number of pyridine rings is 1. The molecule has 6 rings (SSSR count). The zero-order valence-electron chi connectivity index (χ0n) is 17.1. The maximum atomic E-state index is 16.0. The molecule has 2 saturated carbocycles. The number of aromatic nitrogens is 2. The zero-order chi connectivity index (χ0) is 21.8. The number of halogens is 4. The number of hydrogen-bond acceptors (Lipinski definition) is 5. The van der Waals surface area contributed by atoms with Crippen LogP contribution in [0, 0.1) is 28.8 Å². The van der Waals surface area contributed by atoms with Crippen LogP contribution in [0.25, 0.3) is 21.1 Å². The molecule has 1 aliphatic heterocycles. The summed E-state index contributed by atoms with van der Waals surface area (Å²) in [6.45, 7) is 3.15. The van der Waals surface area contributed by atoms with E-state index < -0.39 is 45.2 Å². The molecular weight excluding hydrogens is 465 g/mol. The van der Waals surface area contributed by atoms with E-state index in [1.165, 1.54) is 4.57 Å². The van der Waals surface area contributed by atoms with Gasteiger partial charge in [-0.1, -0.05) is 6.92 Å². The predicted octanol–water partition coefficient (Wildman–Crippen LogP) is 3.12. The summed E-state index contributed by atoms with van der Waals surface area (Å²) in [5.74, 6) is -4.11. The van der Waals surface area contributed by atoms with Gasteiger partial charge in [-0.2, -0.15) is 0 Å². The number of nitrogens with two attached hydrogens (primary N) is 1. The standard InChI is InChI=1S/C21H21F3N4O2S.ClH/c1-7-10(25)5-26-6-21(7)4-9(21)11-14(22)15(23)12-17(16(11)24)28(8-2-3-8)20-13(18(12)29)19(30)27-31-20;/h7-10,26H,2-6,25H2,1H3,(H,27,30);1H/t7?,9-,10?,21?;/m0./s1. The van der Waals surface area contributed by atoms with Crippen LogP contribution in [-0.4, -0.2) is 28.1 Å². The summed E-state index contributed by atoms with van der Waals surface area (Å²) < 4.78 is 50.7. The van der Waals surface area contributed by atoms with Gasteiger partial charge in [-0.15, -0.1) is 12.4 Å². The fourth-order valence-electron chi connectivity index (χ4n) is 5.62. The lowest BCUT2D eigenvalue weighted by molar-refractivity contribution is 0.209. The van der Waals surface area contributed by atoms with E-state index in [1.807, 2.05) is 6.92 Å². The second-order valence-electron chi connectivity index (χ2n) is 9.30. The monoisotopic (exact) mass is 486 g/mol. The number of piperidine rings is 1. The first-order valence-electron chi connectivity index (χ1n) is 10.5. The molecule has 3 aliphatic rings. The Morgan fingerprint density at radius 3 is 2.53 bits per heavy atom. The van der Waals surface area contributed by atoms with Crippen LogP contribution in [0.4, 0.5) is 13.2 Å². The summed E-state index contributed by atoms with van der Waals surface area (Å²) in [7, 11) is 0. The van der Waals surface area contributed by atoms with Crippen molar-refractivity contribution in [2.75, 3.05) is 13.1 Å². The Morgan fingerprint density at radius 1 is 1.12 bits per heavy atom. The minimum atomic E-state index is -1.37.